The Hall–Kier alpha value is -1.80. The highest BCUT2D eigenvalue weighted by Gasteiger charge is 2.18. The molecule has 0 saturated carbocycles. The van der Waals surface area contributed by atoms with Gasteiger partial charge < -0.3 is 5.32 Å². The fourth-order valence-corrected chi connectivity index (χ4v) is 2.39. The van der Waals surface area contributed by atoms with Crippen molar-refractivity contribution >= 4 is 23.2 Å². The van der Waals surface area contributed by atoms with Crippen LogP contribution in [0.3, 0.4) is 0 Å². The van der Waals surface area contributed by atoms with Crippen molar-refractivity contribution in [2.75, 3.05) is 5.32 Å². The van der Waals surface area contributed by atoms with Crippen LogP contribution < -0.4 is 5.32 Å². The van der Waals surface area contributed by atoms with E-state index in [0.29, 0.717) is 5.88 Å². The molecule has 2 nitrogen and oxygen atoms in total. The van der Waals surface area contributed by atoms with Crippen LogP contribution in [-0.4, -0.2) is 5.91 Å². The molecule has 1 atom stereocenters. The zero-order chi connectivity index (χ0) is 14.4. The molecule has 2 rings (SSSR count). The predicted octanol–water partition coefficient (Wildman–Crippen LogP) is 4.56. The molecule has 0 aliphatic heterocycles. The molecule has 104 valence electrons. The van der Waals surface area contributed by atoms with Gasteiger partial charge in [0.25, 0.3) is 0 Å². The van der Waals surface area contributed by atoms with Crippen molar-refractivity contribution in [1.82, 2.24) is 0 Å². The van der Waals surface area contributed by atoms with Gasteiger partial charge >= 0.3 is 0 Å². The average molecular weight is 288 g/mol. The summed E-state index contributed by atoms with van der Waals surface area (Å²) in [6, 6.07) is 17.5. The Morgan fingerprint density at radius 2 is 1.90 bits per heavy atom. The van der Waals surface area contributed by atoms with E-state index in [1.807, 2.05) is 61.5 Å². The van der Waals surface area contributed by atoms with Crippen molar-refractivity contribution in [3.05, 3.63) is 65.7 Å². The van der Waals surface area contributed by atoms with E-state index in [2.05, 4.69) is 5.32 Å². The van der Waals surface area contributed by atoms with E-state index in [1.165, 1.54) is 0 Å². The summed E-state index contributed by atoms with van der Waals surface area (Å²) in [7, 11) is 0. The van der Waals surface area contributed by atoms with Crippen molar-refractivity contribution < 1.29 is 4.79 Å². The molecule has 1 amide bonds. The lowest BCUT2D eigenvalue weighted by Gasteiger charge is -2.15. The molecule has 0 fully saturated rings. The molecular weight excluding hydrogens is 270 g/mol. The molecule has 2 aromatic rings. The first-order chi connectivity index (χ1) is 9.74. The quantitative estimate of drug-likeness (QED) is 0.803. The van der Waals surface area contributed by atoms with Gasteiger partial charge in [0.05, 0.1) is 5.92 Å². The second kappa shape index (κ2) is 7.11. The van der Waals surface area contributed by atoms with E-state index in [9.17, 15) is 4.79 Å². The molecule has 0 aromatic heterocycles. The maximum absolute atomic E-state index is 12.4. The third-order valence-corrected chi connectivity index (χ3v) is 3.58. The minimum atomic E-state index is -0.129. The standard InChI is InChI=1S/C17H18ClNO/c1-2-16(14-8-4-3-5-9-14)17(20)19-15-10-6-7-13(11-15)12-18/h3-11,16H,2,12H2,1H3,(H,19,20). The molecule has 0 saturated heterocycles. The van der Waals surface area contributed by atoms with Gasteiger partial charge in [-0.25, -0.2) is 0 Å². The minimum Gasteiger partial charge on any atom is -0.326 e. The molecule has 0 bridgehead atoms. The van der Waals surface area contributed by atoms with E-state index in [0.717, 1.165) is 23.2 Å². The first kappa shape index (κ1) is 14.6. The number of nitrogens with one attached hydrogen (secondary N) is 1. The number of alkyl halides is 1. The molecule has 0 heterocycles. The van der Waals surface area contributed by atoms with E-state index >= 15 is 0 Å². The Morgan fingerprint density at radius 1 is 1.15 bits per heavy atom. The third-order valence-electron chi connectivity index (χ3n) is 3.28. The smallest absolute Gasteiger partial charge is 0.231 e. The Morgan fingerprint density at radius 3 is 2.55 bits per heavy atom. The fraction of sp³-hybridized carbons (Fsp3) is 0.235. The van der Waals surface area contributed by atoms with Crippen LogP contribution in [0.25, 0.3) is 0 Å². The van der Waals surface area contributed by atoms with Gasteiger partial charge in [0, 0.05) is 11.6 Å². The Labute approximate surface area is 124 Å². The lowest BCUT2D eigenvalue weighted by molar-refractivity contribution is -0.117. The van der Waals surface area contributed by atoms with Gasteiger partial charge in [-0.2, -0.15) is 0 Å². The number of amides is 1. The van der Waals surface area contributed by atoms with E-state index in [-0.39, 0.29) is 11.8 Å². The van der Waals surface area contributed by atoms with Gasteiger partial charge in [-0.1, -0.05) is 49.4 Å². The van der Waals surface area contributed by atoms with E-state index < -0.39 is 0 Å². The topological polar surface area (TPSA) is 29.1 Å². The zero-order valence-electron chi connectivity index (χ0n) is 11.5. The molecule has 3 heteroatoms. The molecule has 1 N–H and O–H groups in total. The summed E-state index contributed by atoms with van der Waals surface area (Å²) in [5.41, 5.74) is 2.83. The number of carbonyl (C=O) groups is 1. The number of benzene rings is 2. The monoisotopic (exact) mass is 287 g/mol. The lowest BCUT2D eigenvalue weighted by Crippen LogP contribution is -2.20. The average Bonchev–Trinajstić information content (AvgIpc) is 2.49. The third kappa shape index (κ3) is 3.61. The van der Waals surface area contributed by atoms with Gasteiger partial charge in [0.2, 0.25) is 5.91 Å². The summed E-state index contributed by atoms with van der Waals surface area (Å²) in [6.45, 7) is 2.02. The molecule has 0 spiro atoms. The maximum Gasteiger partial charge on any atom is 0.231 e. The number of hydrogen-bond donors (Lipinski definition) is 1. The number of rotatable bonds is 5. The van der Waals surface area contributed by atoms with Crippen LogP contribution in [-0.2, 0) is 10.7 Å². The second-order valence-corrected chi connectivity index (χ2v) is 4.96. The fourth-order valence-electron chi connectivity index (χ4n) is 2.22. The maximum atomic E-state index is 12.4. The summed E-state index contributed by atoms with van der Waals surface area (Å²) in [4.78, 5) is 12.4. The number of halogens is 1. The van der Waals surface area contributed by atoms with Crippen LogP contribution in [0.2, 0.25) is 0 Å². The van der Waals surface area contributed by atoms with E-state index in [1.54, 1.807) is 0 Å². The zero-order valence-corrected chi connectivity index (χ0v) is 12.2. The SMILES string of the molecule is CCC(C(=O)Nc1cccc(CCl)c1)c1ccccc1. The second-order valence-electron chi connectivity index (χ2n) is 4.69. The Bertz CT molecular complexity index is 568. The summed E-state index contributed by atoms with van der Waals surface area (Å²) < 4.78 is 0. The summed E-state index contributed by atoms with van der Waals surface area (Å²) in [5, 5.41) is 2.97. The first-order valence-electron chi connectivity index (χ1n) is 6.75. The van der Waals surface area contributed by atoms with Crippen LogP contribution >= 0.6 is 11.6 Å². The Balaban J connectivity index is 2.13. The van der Waals surface area contributed by atoms with Crippen molar-refractivity contribution in [1.29, 1.82) is 0 Å². The number of anilines is 1. The summed E-state index contributed by atoms with van der Waals surface area (Å²) in [6.07, 6.45) is 0.769. The molecule has 0 aliphatic rings. The van der Waals surface area contributed by atoms with Crippen LogP contribution in [0.1, 0.15) is 30.4 Å². The molecular formula is C17H18ClNO. The molecule has 1 unspecified atom stereocenters. The highest BCUT2D eigenvalue weighted by molar-refractivity contribution is 6.17. The van der Waals surface area contributed by atoms with Crippen LogP contribution in [0.4, 0.5) is 5.69 Å². The number of hydrogen-bond acceptors (Lipinski definition) is 1. The van der Waals surface area contributed by atoms with Crippen LogP contribution in [0, 0.1) is 0 Å². The lowest BCUT2D eigenvalue weighted by atomic mass is 9.95. The molecule has 0 radical (unpaired) electrons. The van der Waals surface area contributed by atoms with Crippen LogP contribution in [0.15, 0.2) is 54.6 Å². The highest BCUT2D eigenvalue weighted by atomic mass is 35.5. The Kier molecular flexibility index (Phi) is 5.19. The first-order valence-corrected chi connectivity index (χ1v) is 7.28. The number of carbonyl (C=O) groups excluding carboxylic acids is 1. The molecule has 20 heavy (non-hydrogen) atoms. The van der Waals surface area contributed by atoms with Gasteiger partial charge in [0.1, 0.15) is 0 Å². The highest BCUT2D eigenvalue weighted by Crippen LogP contribution is 2.22. The van der Waals surface area contributed by atoms with Gasteiger partial charge in [-0.15, -0.1) is 11.6 Å². The van der Waals surface area contributed by atoms with Crippen molar-refractivity contribution in [2.24, 2.45) is 0 Å². The van der Waals surface area contributed by atoms with Gasteiger partial charge in [0.15, 0.2) is 0 Å². The largest absolute Gasteiger partial charge is 0.326 e. The van der Waals surface area contributed by atoms with Gasteiger partial charge in [-0.05, 0) is 29.7 Å². The molecule has 0 aliphatic carbocycles. The molecule has 2 aromatic carbocycles. The van der Waals surface area contributed by atoms with Crippen LogP contribution in [0.5, 0.6) is 0 Å². The van der Waals surface area contributed by atoms with E-state index in [4.69, 9.17) is 11.6 Å². The summed E-state index contributed by atoms with van der Waals surface area (Å²) >= 11 is 5.81. The van der Waals surface area contributed by atoms with Gasteiger partial charge in [-0.3, -0.25) is 4.79 Å². The summed E-state index contributed by atoms with van der Waals surface area (Å²) in [5.74, 6) is 0.334. The van der Waals surface area contributed by atoms with Crippen molar-refractivity contribution in [2.45, 2.75) is 25.1 Å². The van der Waals surface area contributed by atoms with Crippen molar-refractivity contribution in [3.63, 3.8) is 0 Å². The van der Waals surface area contributed by atoms with Crippen molar-refractivity contribution in [3.8, 4) is 0 Å². The minimum absolute atomic E-state index is 0.0189. The normalized spacial score (nSPS) is 11.9. The predicted molar refractivity (Wildman–Crippen MR) is 84.1 cm³/mol.